The molecular weight excluding hydrogens is 172 g/mol. The Morgan fingerprint density at radius 1 is 1.36 bits per heavy atom. The van der Waals surface area contributed by atoms with Crippen molar-refractivity contribution in [3.8, 4) is 0 Å². The van der Waals surface area contributed by atoms with Crippen molar-refractivity contribution in [2.75, 3.05) is 19.0 Å². The van der Waals surface area contributed by atoms with Gasteiger partial charge in [-0.25, -0.2) is 0 Å². The van der Waals surface area contributed by atoms with Gasteiger partial charge in [-0.1, -0.05) is 12.1 Å². The van der Waals surface area contributed by atoms with Crippen molar-refractivity contribution in [3.05, 3.63) is 29.3 Å². The Balaban J connectivity index is 2.41. The highest BCUT2D eigenvalue weighted by Crippen LogP contribution is 2.28. The van der Waals surface area contributed by atoms with Gasteiger partial charge in [0, 0.05) is 25.8 Å². The summed E-state index contributed by atoms with van der Waals surface area (Å²) in [6.07, 6.45) is 3.29. The van der Waals surface area contributed by atoms with Crippen molar-refractivity contribution in [1.29, 1.82) is 0 Å². The van der Waals surface area contributed by atoms with Crippen LogP contribution in [0.1, 0.15) is 17.5 Å². The molecular formula is C12H18N2. The Labute approximate surface area is 85.7 Å². The highest BCUT2D eigenvalue weighted by atomic mass is 15.1. The van der Waals surface area contributed by atoms with Crippen molar-refractivity contribution in [3.63, 3.8) is 0 Å². The number of nitrogens with two attached hydrogens (primary N) is 1. The van der Waals surface area contributed by atoms with Gasteiger partial charge in [-0.3, -0.25) is 0 Å². The zero-order chi connectivity index (χ0) is 10.1. The van der Waals surface area contributed by atoms with Crippen LogP contribution in [0.5, 0.6) is 0 Å². The highest BCUT2D eigenvalue weighted by Gasteiger charge is 2.18. The largest absolute Gasteiger partial charge is 0.377 e. The molecule has 14 heavy (non-hydrogen) atoms. The van der Waals surface area contributed by atoms with E-state index in [-0.39, 0.29) is 0 Å². The molecule has 0 saturated heterocycles. The topological polar surface area (TPSA) is 29.3 Å². The van der Waals surface area contributed by atoms with E-state index in [1.807, 2.05) is 0 Å². The maximum Gasteiger partial charge on any atom is 0.0396 e. The number of hydrogen-bond acceptors (Lipinski definition) is 2. The van der Waals surface area contributed by atoms with E-state index in [9.17, 15) is 0 Å². The van der Waals surface area contributed by atoms with E-state index in [1.54, 1.807) is 0 Å². The van der Waals surface area contributed by atoms with Crippen molar-refractivity contribution in [1.82, 2.24) is 0 Å². The molecule has 0 amide bonds. The Bertz CT molecular complexity index is 331. The quantitative estimate of drug-likeness (QED) is 0.728. The minimum atomic E-state index is 0.361. The number of nitrogens with zero attached hydrogens (tertiary/aromatic N) is 1. The van der Waals surface area contributed by atoms with Crippen LogP contribution in [0.3, 0.4) is 0 Å². The molecule has 2 nitrogen and oxygen atoms in total. The fourth-order valence-electron chi connectivity index (χ4n) is 2.23. The summed E-state index contributed by atoms with van der Waals surface area (Å²) in [5.41, 5.74) is 10.3. The van der Waals surface area contributed by atoms with E-state index >= 15 is 0 Å². The molecule has 2 N–H and O–H groups in total. The van der Waals surface area contributed by atoms with E-state index in [4.69, 9.17) is 5.73 Å². The SMILES string of the molecule is CN(C)c1cccc2c1CC[C@H](N)C2. The summed E-state index contributed by atoms with van der Waals surface area (Å²) in [6.45, 7) is 0. The number of anilines is 1. The van der Waals surface area contributed by atoms with Crippen LogP contribution in [0.4, 0.5) is 5.69 Å². The third kappa shape index (κ3) is 1.62. The van der Waals surface area contributed by atoms with Crippen LogP contribution in [0.2, 0.25) is 0 Å². The molecule has 2 rings (SSSR count). The summed E-state index contributed by atoms with van der Waals surface area (Å²) in [6, 6.07) is 6.89. The Hall–Kier alpha value is -1.02. The molecule has 76 valence electrons. The van der Waals surface area contributed by atoms with Gasteiger partial charge in [0.05, 0.1) is 0 Å². The van der Waals surface area contributed by atoms with Crippen molar-refractivity contribution < 1.29 is 0 Å². The lowest BCUT2D eigenvalue weighted by molar-refractivity contribution is 0.576. The zero-order valence-corrected chi connectivity index (χ0v) is 8.96. The van der Waals surface area contributed by atoms with Crippen LogP contribution < -0.4 is 10.6 Å². The fraction of sp³-hybridized carbons (Fsp3) is 0.500. The minimum absolute atomic E-state index is 0.361. The molecule has 0 heterocycles. The minimum Gasteiger partial charge on any atom is -0.377 e. The maximum absolute atomic E-state index is 5.96. The summed E-state index contributed by atoms with van der Waals surface area (Å²) in [5.74, 6) is 0. The molecule has 1 aromatic carbocycles. The lowest BCUT2D eigenvalue weighted by atomic mass is 9.87. The van der Waals surface area contributed by atoms with Gasteiger partial charge in [0.25, 0.3) is 0 Å². The molecule has 0 unspecified atom stereocenters. The van der Waals surface area contributed by atoms with Crippen molar-refractivity contribution in [2.45, 2.75) is 25.3 Å². The number of benzene rings is 1. The van der Waals surface area contributed by atoms with Gasteiger partial charge in [0.1, 0.15) is 0 Å². The van der Waals surface area contributed by atoms with Crippen LogP contribution in [0.25, 0.3) is 0 Å². The summed E-state index contributed by atoms with van der Waals surface area (Å²) < 4.78 is 0. The normalized spacial score (nSPS) is 20.4. The lowest BCUT2D eigenvalue weighted by Gasteiger charge is -2.26. The number of hydrogen-bond donors (Lipinski definition) is 1. The van der Waals surface area contributed by atoms with Gasteiger partial charge in [-0.15, -0.1) is 0 Å². The third-order valence-electron chi connectivity index (χ3n) is 2.98. The molecule has 0 bridgehead atoms. The summed E-state index contributed by atoms with van der Waals surface area (Å²) in [4.78, 5) is 2.19. The van der Waals surface area contributed by atoms with E-state index in [2.05, 4.69) is 37.2 Å². The van der Waals surface area contributed by atoms with Gasteiger partial charge in [0.15, 0.2) is 0 Å². The predicted octanol–water partition coefficient (Wildman–Crippen LogP) is 1.57. The fourth-order valence-corrected chi connectivity index (χ4v) is 2.23. The van der Waals surface area contributed by atoms with E-state index in [0.29, 0.717) is 6.04 Å². The second kappa shape index (κ2) is 3.62. The molecule has 0 spiro atoms. The monoisotopic (exact) mass is 190 g/mol. The van der Waals surface area contributed by atoms with Crippen molar-refractivity contribution >= 4 is 5.69 Å². The maximum atomic E-state index is 5.96. The molecule has 0 aliphatic heterocycles. The van der Waals surface area contributed by atoms with Crippen LogP contribution in [-0.2, 0) is 12.8 Å². The standard InChI is InChI=1S/C12H18N2/c1-14(2)12-5-3-4-9-8-10(13)6-7-11(9)12/h3-5,10H,6-8,13H2,1-2H3/t10-/m0/s1. The molecule has 1 aliphatic carbocycles. The second-order valence-electron chi connectivity index (χ2n) is 4.31. The average Bonchev–Trinajstić information content (AvgIpc) is 2.16. The first-order valence-corrected chi connectivity index (χ1v) is 5.22. The first kappa shape index (κ1) is 9.53. The van der Waals surface area contributed by atoms with E-state index in [0.717, 1.165) is 19.3 Å². The molecule has 1 aliphatic rings. The van der Waals surface area contributed by atoms with Crippen LogP contribution in [0.15, 0.2) is 18.2 Å². The molecule has 1 aromatic rings. The van der Waals surface area contributed by atoms with Crippen LogP contribution >= 0.6 is 0 Å². The molecule has 0 radical (unpaired) electrons. The van der Waals surface area contributed by atoms with Gasteiger partial charge in [0.2, 0.25) is 0 Å². The highest BCUT2D eigenvalue weighted by molar-refractivity contribution is 5.56. The van der Waals surface area contributed by atoms with Crippen molar-refractivity contribution in [2.24, 2.45) is 5.73 Å². The Kier molecular flexibility index (Phi) is 2.46. The number of fused-ring (bicyclic) bond motifs is 1. The van der Waals surface area contributed by atoms with Gasteiger partial charge < -0.3 is 10.6 Å². The molecule has 2 heteroatoms. The Morgan fingerprint density at radius 3 is 2.86 bits per heavy atom. The lowest BCUT2D eigenvalue weighted by Crippen LogP contribution is -2.28. The molecule has 0 saturated carbocycles. The number of rotatable bonds is 1. The predicted molar refractivity (Wildman–Crippen MR) is 60.8 cm³/mol. The third-order valence-corrected chi connectivity index (χ3v) is 2.98. The Morgan fingerprint density at radius 2 is 2.14 bits per heavy atom. The zero-order valence-electron chi connectivity index (χ0n) is 8.96. The summed E-state index contributed by atoms with van der Waals surface area (Å²) >= 11 is 0. The molecule has 0 fully saturated rings. The van der Waals surface area contributed by atoms with Crippen LogP contribution in [0, 0.1) is 0 Å². The average molecular weight is 190 g/mol. The van der Waals surface area contributed by atoms with Gasteiger partial charge >= 0.3 is 0 Å². The van der Waals surface area contributed by atoms with E-state index in [1.165, 1.54) is 16.8 Å². The molecule has 1 atom stereocenters. The smallest absolute Gasteiger partial charge is 0.0396 e. The first-order chi connectivity index (χ1) is 6.68. The van der Waals surface area contributed by atoms with E-state index < -0.39 is 0 Å². The van der Waals surface area contributed by atoms with Crippen LogP contribution in [-0.4, -0.2) is 20.1 Å². The first-order valence-electron chi connectivity index (χ1n) is 5.22. The van der Waals surface area contributed by atoms with Gasteiger partial charge in [-0.2, -0.15) is 0 Å². The summed E-state index contributed by atoms with van der Waals surface area (Å²) in [7, 11) is 4.20. The molecule has 0 aromatic heterocycles. The van der Waals surface area contributed by atoms with Gasteiger partial charge in [-0.05, 0) is 36.5 Å². The second-order valence-corrected chi connectivity index (χ2v) is 4.31. The summed E-state index contributed by atoms with van der Waals surface area (Å²) in [5, 5.41) is 0.